The third-order valence-electron chi connectivity index (χ3n) is 3.01. The van der Waals surface area contributed by atoms with E-state index in [9.17, 15) is 9.59 Å². The number of carbonyl (C=O) groups is 1. The number of aromatic nitrogens is 3. The number of hydrogen-bond donors (Lipinski definition) is 1. The number of nitrogens with zero attached hydrogens (tertiary/aromatic N) is 3. The van der Waals surface area contributed by atoms with Crippen LogP contribution in [0.1, 0.15) is 42.5 Å². The van der Waals surface area contributed by atoms with Crippen LogP contribution in [0.4, 0.5) is 0 Å². The molecule has 2 heterocycles. The lowest BCUT2D eigenvalue weighted by molar-refractivity contribution is 0.0931. The van der Waals surface area contributed by atoms with E-state index in [2.05, 4.69) is 15.4 Å². The monoisotopic (exact) mass is 286 g/mol. The molecule has 1 N–H and O–H groups in total. The summed E-state index contributed by atoms with van der Waals surface area (Å²) in [5.41, 5.74) is 0.796. The topological polar surface area (TPSA) is 76.9 Å². The van der Waals surface area contributed by atoms with Gasteiger partial charge in [0.1, 0.15) is 5.69 Å². The summed E-state index contributed by atoms with van der Waals surface area (Å²) in [6, 6.07) is 8.10. The van der Waals surface area contributed by atoms with Crippen LogP contribution in [0.3, 0.4) is 0 Å². The lowest BCUT2D eigenvalue weighted by atomic mass is 10.2. The molecule has 1 unspecified atom stereocenters. The quantitative estimate of drug-likeness (QED) is 0.904. The van der Waals surface area contributed by atoms with Crippen LogP contribution < -0.4 is 10.9 Å². The van der Waals surface area contributed by atoms with Crippen LogP contribution in [0, 0.1) is 0 Å². The van der Waals surface area contributed by atoms with Gasteiger partial charge in [0.05, 0.1) is 11.7 Å². The first-order valence-electron chi connectivity index (χ1n) is 6.91. The average molecular weight is 286 g/mol. The minimum Gasteiger partial charge on any atom is -0.343 e. The van der Waals surface area contributed by atoms with Gasteiger partial charge in [-0.25, -0.2) is 4.68 Å². The molecule has 6 heteroatoms. The molecule has 0 aliphatic rings. The van der Waals surface area contributed by atoms with Crippen molar-refractivity contribution in [2.24, 2.45) is 0 Å². The van der Waals surface area contributed by atoms with E-state index in [1.54, 1.807) is 6.20 Å². The van der Waals surface area contributed by atoms with Crippen LogP contribution in [-0.4, -0.2) is 20.7 Å². The smallest absolute Gasteiger partial charge is 0.272 e. The fourth-order valence-corrected chi connectivity index (χ4v) is 1.92. The number of carbonyl (C=O) groups excluding carboxylic acids is 1. The van der Waals surface area contributed by atoms with Gasteiger partial charge in [0.2, 0.25) is 0 Å². The van der Waals surface area contributed by atoms with Crippen LogP contribution in [0.2, 0.25) is 0 Å². The van der Waals surface area contributed by atoms with E-state index in [-0.39, 0.29) is 23.2 Å². The molecule has 0 spiro atoms. The van der Waals surface area contributed by atoms with E-state index in [0.29, 0.717) is 6.54 Å². The Balaban J connectivity index is 2.13. The van der Waals surface area contributed by atoms with Crippen molar-refractivity contribution in [1.29, 1.82) is 0 Å². The molecule has 1 atom stereocenters. The lowest BCUT2D eigenvalue weighted by Gasteiger charge is -2.13. The SMILES string of the molecule is CCCn1nc(C(=O)NC(C)c2ccccn2)ccc1=O. The van der Waals surface area contributed by atoms with Crippen LogP contribution in [0.25, 0.3) is 0 Å². The molecule has 0 fully saturated rings. The number of aryl methyl sites for hydroxylation is 1. The predicted molar refractivity (Wildman–Crippen MR) is 78.9 cm³/mol. The summed E-state index contributed by atoms with van der Waals surface area (Å²) >= 11 is 0. The van der Waals surface area contributed by atoms with Crippen LogP contribution >= 0.6 is 0 Å². The Morgan fingerprint density at radius 2 is 2.14 bits per heavy atom. The van der Waals surface area contributed by atoms with Gasteiger partial charge in [0, 0.05) is 18.8 Å². The summed E-state index contributed by atoms with van der Waals surface area (Å²) in [5, 5.41) is 6.90. The normalized spacial score (nSPS) is 11.9. The maximum Gasteiger partial charge on any atom is 0.272 e. The van der Waals surface area contributed by atoms with Gasteiger partial charge in [-0.05, 0) is 31.5 Å². The van der Waals surface area contributed by atoms with Crippen molar-refractivity contribution in [3.63, 3.8) is 0 Å². The maximum atomic E-state index is 12.2. The maximum absolute atomic E-state index is 12.2. The van der Waals surface area contributed by atoms with E-state index >= 15 is 0 Å². The number of amides is 1. The fraction of sp³-hybridized carbons (Fsp3) is 0.333. The third-order valence-corrected chi connectivity index (χ3v) is 3.01. The summed E-state index contributed by atoms with van der Waals surface area (Å²) in [6.45, 7) is 4.29. The number of hydrogen-bond acceptors (Lipinski definition) is 4. The van der Waals surface area contributed by atoms with Crippen molar-refractivity contribution in [3.8, 4) is 0 Å². The second-order valence-corrected chi connectivity index (χ2v) is 4.73. The Hall–Kier alpha value is -2.50. The summed E-state index contributed by atoms with van der Waals surface area (Å²) in [4.78, 5) is 28.0. The molecule has 0 aliphatic heterocycles. The van der Waals surface area contributed by atoms with Gasteiger partial charge in [-0.15, -0.1) is 0 Å². The van der Waals surface area contributed by atoms with Gasteiger partial charge < -0.3 is 5.32 Å². The zero-order valence-electron chi connectivity index (χ0n) is 12.1. The van der Waals surface area contributed by atoms with E-state index in [1.807, 2.05) is 32.0 Å². The van der Waals surface area contributed by atoms with Crippen LogP contribution in [0.5, 0.6) is 0 Å². The first-order chi connectivity index (χ1) is 10.1. The van der Waals surface area contributed by atoms with Crippen molar-refractivity contribution in [3.05, 3.63) is 58.3 Å². The highest BCUT2D eigenvalue weighted by molar-refractivity contribution is 5.92. The number of pyridine rings is 1. The van der Waals surface area contributed by atoms with Crippen molar-refractivity contribution < 1.29 is 4.79 Å². The van der Waals surface area contributed by atoms with Crippen molar-refractivity contribution in [1.82, 2.24) is 20.1 Å². The molecule has 2 aromatic rings. The Morgan fingerprint density at radius 3 is 2.81 bits per heavy atom. The summed E-state index contributed by atoms with van der Waals surface area (Å²) in [5.74, 6) is -0.321. The van der Waals surface area contributed by atoms with Crippen molar-refractivity contribution >= 4 is 5.91 Å². The first-order valence-corrected chi connectivity index (χ1v) is 6.91. The highest BCUT2D eigenvalue weighted by Crippen LogP contribution is 2.08. The molecular weight excluding hydrogens is 268 g/mol. The molecule has 2 aromatic heterocycles. The fourth-order valence-electron chi connectivity index (χ4n) is 1.92. The summed E-state index contributed by atoms with van der Waals surface area (Å²) < 4.78 is 1.31. The van der Waals surface area contributed by atoms with Crippen molar-refractivity contribution in [2.75, 3.05) is 0 Å². The first kappa shape index (κ1) is 14.9. The van der Waals surface area contributed by atoms with E-state index < -0.39 is 0 Å². The lowest BCUT2D eigenvalue weighted by Crippen LogP contribution is -2.31. The van der Waals surface area contributed by atoms with Gasteiger partial charge in [-0.3, -0.25) is 14.6 Å². The molecule has 110 valence electrons. The predicted octanol–water partition coefficient (Wildman–Crippen LogP) is 1.54. The molecular formula is C15H18N4O2. The number of nitrogens with one attached hydrogen (secondary N) is 1. The molecule has 1 amide bonds. The molecule has 2 rings (SSSR count). The second kappa shape index (κ2) is 6.78. The third kappa shape index (κ3) is 3.75. The van der Waals surface area contributed by atoms with E-state index in [4.69, 9.17) is 0 Å². The van der Waals surface area contributed by atoms with Gasteiger partial charge >= 0.3 is 0 Å². The number of rotatable bonds is 5. The van der Waals surface area contributed by atoms with E-state index in [0.717, 1.165) is 12.1 Å². The molecule has 0 radical (unpaired) electrons. The zero-order valence-corrected chi connectivity index (χ0v) is 12.1. The minimum absolute atomic E-state index is 0.203. The highest BCUT2D eigenvalue weighted by Gasteiger charge is 2.14. The van der Waals surface area contributed by atoms with Crippen LogP contribution in [-0.2, 0) is 6.54 Å². The molecule has 21 heavy (non-hydrogen) atoms. The van der Waals surface area contributed by atoms with Gasteiger partial charge in [0.25, 0.3) is 11.5 Å². The standard InChI is InChI=1S/C15H18N4O2/c1-3-10-19-14(20)8-7-13(18-19)15(21)17-11(2)12-6-4-5-9-16-12/h4-9,11H,3,10H2,1-2H3,(H,17,21). The van der Waals surface area contributed by atoms with E-state index in [1.165, 1.54) is 16.8 Å². The van der Waals surface area contributed by atoms with Gasteiger partial charge in [-0.2, -0.15) is 5.10 Å². The molecule has 0 aliphatic carbocycles. The minimum atomic E-state index is -0.321. The molecule has 0 saturated carbocycles. The summed E-state index contributed by atoms with van der Waals surface area (Å²) in [7, 11) is 0. The Labute approximate surface area is 122 Å². The zero-order chi connectivity index (χ0) is 15.2. The molecule has 0 bridgehead atoms. The molecule has 6 nitrogen and oxygen atoms in total. The van der Waals surface area contributed by atoms with Crippen LogP contribution in [0.15, 0.2) is 41.3 Å². The largest absolute Gasteiger partial charge is 0.343 e. The Kier molecular flexibility index (Phi) is 4.81. The van der Waals surface area contributed by atoms with Crippen molar-refractivity contribution in [2.45, 2.75) is 32.9 Å². The molecule has 0 saturated heterocycles. The van der Waals surface area contributed by atoms with Gasteiger partial charge in [0.15, 0.2) is 0 Å². The highest BCUT2D eigenvalue weighted by atomic mass is 16.2. The summed E-state index contributed by atoms with van der Waals surface area (Å²) in [6.07, 6.45) is 2.46. The average Bonchev–Trinajstić information content (AvgIpc) is 2.50. The Morgan fingerprint density at radius 1 is 1.33 bits per heavy atom. The Bertz CT molecular complexity index is 667. The van der Waals surface area contributed by atoms with Gasteiger partial charge in [-0.1, -0.05) is 13.0 Å². The molecule has 0 aromatic carbocycles. The second-order valence-electron chi connectivity index (χ2n) is 4.73.